The average molecular weight is 278 g/mol. The maximum atomic E-state index is 11.5. The lowest BCUT2D eigenvalue weighted by Crippen LogP contribution is -2.24. The van der Waals surface area contributed by atoms with Crippen molar-refractivity contribution in [2.45, 2.75) is 33.0 Å². The normalized spacial score (nSPS) is 11.5. The number of esters is 1. The molecule has 5 heteroatoms. The minimum Gasteiger partial charge on any atom is -0.478 e. The summed E-state index contributed by atoms with van der Waals surface area (Å²) in [5, 5.41) is 8.80. The quantitative estimate of drug-likeness (QED) is 0.471. The summed E-state index contributed by atoms with van der Waals surface area (Å²) in [6.07, 6.45) is 0.612. The van der Waals surface area contributed by atoms with Crippen LogP contribution in [-0.2, 0) is 9.53 Å². The standard InChI is InChI=1S/C15H18O5/c1-4-5-13(20-15(18)10(2)3)19-12-8-6-11(7-9-12)14(16)17/h6-9,13H,2,4-5H2,1,3H3,(H,16,17). The highest BCUT2D eigenvalue weighted by Gasteiger charge is 2.16. The molecule has 1 rings (SSSR count). The number of rotatable bonds is 7. The number of benzene rings is 1. The van der Waals surface area contributed by atoms with Crippen LogP contribution in [0.2, 0.25) is 0 Å². The molecule has 1 aromatic carbocycles. The first-order chi connectivity index (χ1) is 9.43. The van der Waals surface area contributed by atoms with E-state index in [1.54, 1.807) is 6.92 Å². The van der Waals surface area contributed by atoms with Gasteiger partial charge in [0.15, 0.2) is 0 Å². The smallest absolute Gasteiger partial charge is 0.336 e. The summed E-state index contributed by atoms with van der Waals surface area (Å²) in [6.45, 7) is 7.02. The van der Waals surface area contributed by atoms with Crippen LogP contribution in [0.15, 0.2) is 36.4 Å². The monoisotopic (exact) mass is 278 g/mol. The van der Waals surface area contributed by atoms with E-state index >= 15 is 0 Å². The SMILES string of the molecule is C=C(C)C(=O)OC(CCC)Oc1ccc(C(=O)O)cc1. The largest absolute Gasteiger partial charge is 0.478 e. The van der Waals surface area contributed by atoms with Crippen LogP contribution in [-0.4, -0.2) is 23.3 Å². The maximum absolute atomic E-state index is 11.5. The Morgan fingerprint density at radius 1 is 1.30 bits per heavy atom. The highest BCUT2D eigenvalue weighted by Crippen LogP contribution is 2.17. The van der Waals surface area contributed by atoms with Gasteiger partial charge in [-0.15, -0.1) is 0 Å². The second-order valence-corrected chi connectivity index (χ2v) is 4.35. The maximum Gasteiger partial charge on any atom is 0.336 e. The van der Waals surface area contributed by atoms with Gasteiger partial charge >= 0.3 is 11.9 Å². The third-order valence-electron chi connectivity index (χ3n) is 2.48. The zero-order chi connectivity index (χ0) is 15.1. The molecule has 0 fully saturated rings. The minimum absolute atomic E-state index is 0.170. The highest BCUT2D eigenvalue weighted by molar-refractivity contribution is 5.87. The molecule has 1 aromatic rings. The Kier molecular flexibility index (Phi) is 5.77. The van der Waals surface area contributed by atoms with Crippen LogP contribution < -0.4 is 4.74 Å². The molecule has 1 N–H and O–H groups in total. The molecular weight excluding hydrogens is 260 g/mol. The van der Waals surface area contributed by atoms with Gasteiger partial charge < -0.3 is 14.6 Å². The van der Waals surface area contributed by atoms with Crippen molar-refractivity contribution in [2.24, 2.45) is 0 Å². The van der Waals surface area contributed by atoms with Crippen LogP contribution in [0.4, 0.5) is 0 Å². The zero-order valence-electron chi connectivity index (χ0n) is 11.6. The lowest BCUT2D eigenvalue weighted by atomic mass is 10.2. The third kappa shape index (κ3) is 4.76. The van der Waals surface area contributed by atoms with Gasteiger partial charge in [0, 0.05) is 12.0 Å². The summed E-state index contributed by atoms with van der Waals surface area (Å²) in [6, 6.07) is 5.92. The number of hydrogen-bond donors (Lipinski definition) is 1. The number of carbonyl (C=O) groups excluding carboxylic acids is 1. The number of aromatic carboxylic acids is 1. The molecule has 5 nitrogen and oxygen atoms in total. The van der Waals surface area contributed by atoms with Crippen LogP contribution >= 0.6 is 0 Å². The van der Waals surface area contributed by atoms with E-state index in [9.17, 15) is 9.59 Å². The van der Waals surface area contributed by atoms with Crippen LogP contribution in [0.1, 0.15) is 37.0 Å². The van der Waals surface area contributed by atoms with Crippen molar-refractivity contribution in [3.63, 3.8) is 0 Å². The lowest BCUT2D eigenvalue weighted by Gasteiger charge is -2.19. The first-order valence-electron chi connectivity index (χ1n) is 6.30. The Hall–Kier alpha value is -2.30. The molecule has 0 spiro atoms. The molecule has 0 radical (unpaired) electrons. The van der Waals surface area contributed by atoms with Gasteiger partial charge in [-0.2, -0.15) is 0 Å². The minimum atomic E-state index is -1.00. The molecule has 0 saturated heterocycles. The van der Waals surface area contributed by atoms with Crippen molar-refractivity contribution in [1.82, 2.24) is 0 Å². The summed E-state index contributed by atoms with van der Waals surface area (Å²) in [7, 11) is 0. The van der Waals surface area contributed by atoms with E-state index in [1.807, 2.05) is 6.92 Å². The second-order valence-electron chi connectivity index (χ2n) is 4.35. The van der Waals surface area contributed by atoms with Crippen LogP contribution in [0.5, 0.6) is 5.75 Å². The first-order valence-corrected chi connectivity index (χ1v) is 6.30. The number of hydrogen-bond acceptors (Lipinski definition) is 4. The van der Waals surface area contributed by atoms with E-state index < -0.39 is 18.2 Å². The molecule has 0 bridgehead atoms. The number of carboxylic acids is 1. The second kappa shape index (κ2) is 7.33. The fourth-order valence-corrected chi connectivity index (χ4v) is 1.43. The molecule has 0 aliphatic carbocycles. The number of carbonyl (C=O) groups is 2. The Balaban J connectivity index is 2.72. The zero-order valence-corrected chi connectivity index (χ0v) is 11.6. The fourth-order valence-electron chi connectivity index (χ4n) is 1.43. The van der Waals surface area contributed by atoms with E-state index in [0.29, 0.717) is 17.7 Å². The molecule has 1 unspecified atom stereocenters. The van der Waals surface area contributed by atoms with Crippen LogP contribution in [0.3, 0.4) is 0 Å². The first kappa shape index (κ1) is 15.8. The number of carboxylic acid groups (broad SMARTS) is 1. The van der Waals surface area contributed by atoms with E-state index in [4.69, 9.17) is 14.6 Å². The van der Waals surface area contributed by atoms with Crippen molar-refractivity contribution < 1.29 is 24.2 Å². The summed E-state index contributed by atoms with van der Waals surface area (Å²) < 4.78 is 10.7. The predicted molar refractivity (Wildman–Crippen MR) is 73.6 cm³/mol. The molecule has 0 aliphatic rings. The van der Waals surface area contributed by atoms with Gasteiger partial charge in [0.25, 0.3) is 0 Å². The van der Waals surface area contributed by atoms with Gasteiger partial charge in [0.05, 0.1) is 5.56 Å². The van der Waals surface area contributed by atoms with Crippen molar-refractivity contribution in [3.8, 4) is 5.75 Å². The van der Waals surface area contributed by atoms with Gasteiger partial charge in [0.2, 0.25) is 6.29 Å². The van der Waals surface area contributed by atoms with E-state index in [1.165, 1.54) is 24.3 Å². The van der Waals surface area contributed by atoms with Gasteiger partial charge in [0.1, 0.15) is 5.75 Å². The van der Waals surface area contributed by atoms with Crippen LogP contribution in [0.25, 0.3) is 0 Å². The molecule has 108 valence electrons. The molecule has 0 aliphatic heterocycles. The van der Waals surface area contributed by atoms with E-state index in [0.717, 1.165) is 6.42 Å². The molecule has 20 heavy (non-hydrogen) atoms. The van der Waals surface area contributed by atoms with Crippen molar-refractivity contribution in [1.29, 1.82) is 0 Å². The molecule has 0 saturated carbocycles. The predicted octanol–water partition coefficient (Wildman–Crippen LogP) is 3.01. The van der Waals surface area contributed by atoms with Crippen molar-refractivity contribution in [2.75, 3.05) is 0 Å². The Morgan fingerprint density at radius 3 is 2.35 bits per heavy atom. The average Bonchev–Trinajstić information content (AvgIpc) is 2.39. The van der Waals surface area contributed by atoms with E-state index in [-0.39, 0.29) is 5.56 Å². The van der Waals surface area contributed by atoms with Gasteiger partial charge in [-0.3, -0.25) is 0 Å². The summed E-state index contributed by atoms with van der Waals surface area (Å²) in [5.41, 5.74) is 0.472. The van der Waals surface area contributed by atoms with Gasteiger partial charge in [-0.25, -0.2) is 9.59 Å². The molecule has 1 atom stereocenters. The van der Waals surface area contributed by atoms with Crippen molar-refractivity contribution >= 4 is 11.9 Å². The lowest BCUT2D eigenvalue weighted by molar-refractivity contribution is -0.159. The Labute approximate surface area is 117 Å². The van der Waals surface area contributed by atoms with E-state index in [2.05, 4.69) is 6.58 Å². The third-order valence-corrected chi connectivity index (χ3v) is 2.48. The summed E-state index contributed by atoms with van der Waals surface area (Å²) in [4.78, 5) is 22.2. The van der Waals surface area contributed by atoms with Gasteiger partial charge in [-0.05, 0) is 37.6 Å². The number of ether oxygens (including phenoxy) is 2. The topological polar surface area (TPSA) is 72.8 Å². The Bertz CT molecular complexity index is 489. The Morgan fingerprint density at radius 2 is 1.90 bits per heavy atom. The summed E-state index contributed by atoms with van der Waals surface area (Å²) in [5.74, 6) is -1.07. The molecular formula is C15H18O5. The van der Waals surface area contributed by atoms with Crippen molar-refractivity contribution in [3.05, 3.63) is 42.0 Å². The molecule has 0 aromatic heterocycles. The van der Waals surface area contributed by atoms with Gasteiger partial charge in [-0.1, -0.05) is 13.5 Å². The van der Waals surface area contributed by atoms with Crippen LogP contribution in [0, 0.1) is 0 Å². The fraction of sp³-hybridized carbons (Fsp3) is 0.333. The molecule has 0 heterocycles. The highest BCUT2D eigenvalue weighted by atomic mass is 16.7. The molecule has 0 amide bonds. The summed E-state index contributed by atoms with van der Waals surface area (Å²) >= 11 is 0.